The third-order valence-electron chi connectivity index (χ3n) is 4.14. The molecule has 144 valence electrons. The van der Waals surface area contributed by atoms with Gasteiger partial charge < -0.3 is 4.42 Å². The van der Waals surface area contributed by atoms with Gasteiger partial charge in [-0.1, -0.05) is 36.1 Å². The first-order valence-electron chi connectivity index (χ1n) is 8.30. The lowest BCUT2D eigenvalue weighted by Gasteiger charge is -2.13. The van der Waals surface area contributed by atoms with E-state index in [9.17, 15) is 14.9 Å². The summed E-state index contributed by atoms with van der Waals surface area (Å²) in [4.78, 5) is 24.9. The molecule has 0 aliphatic carbocycles. The molecule has 1 aliphatic heterocycles. The maximum absolute atomic E-state index is 12.8. The molecule has 0 saturated carbocycles. The summed E-state index contributed by atoms with van der Waals surface area (Å²) in [6, 6.07) is 17.3. The predicted molar refractivity (Wildman–Crippen MR) is 126 cm³/mol. The number of rotatable bonds is 4. The lowest BCUT2D eigenvalue weighted by molar-refractivity contribution is -0.384. The van der Waals surface area contributed by atoms with Crippen molar-refractivity contribution in [2.75, 3.05) is 4.90 Å². The first kappa shape index (κ1) is 19.8. The molecule has 29 heavy (non-hydrogen) atoms. The second kappa shape index (κ2) is 8.09. The predicted octanol–water partition coefficient (Wildman–Crippen LogP) is 5.87. The number of non-ortho nitro benzene ring substituents is 1. The third kappa shape index (κ3) is 4.11. The van der Waals surface area contributed by atoms with E-state index in [1.165, 1.54) is 29.2 Å². The normalized spacial score (nSPS) is 15.3. The summed E-state index contributed by atoms with van der Waals surface area (Å²) < 4.78 is 7.35. The summed E-state index contributed by atoms with van der Waals surface area (Å²) in [6.07, 6.45) is 1.65. The highest BCUT2D eigenvalue weighted by atomic mass is 127. The highest BCUT2D eigenvalue weighted by Gasteiger charge is 2.33. The van der Waals surface area contributed by atoms with Crippen molar-refractivity contribution in [2.45, 2.75) is 0 Å². The van der Waals surface area contributed by atoms with Crippen molar-refractivity contribution in [3.63, 3.8) is 0 Å². The average molecular weight is 534 g/mol. The maximum Gasteiger partial charge on any atom is 0.270 e. The highest BCUT2D eigenvalue weighted by molar-refractivity contribution is 14.1. The van der Waals surface area contributed by atoms with E-state index in [2.05, 4.69) is 22.6 Å². The summed E-state index contributed by atoms with van der Waals surface area (Å²) in [5, 5.41) is 10.8. The standard InChI is InChI=1S/C20H11IN2O4S2/c21-13-3-1-12(2-4-13)17-10-9-16(27-17)11-18-19(24)22(20(28)29-18)14-5-7-15(8-6-14)23(25)26/h1-11H/b18-11-. The van der Waals surface area contributed by atoms with E-state index in [-0.39, 0.29) is 11.6 Å². The van der Waals surface area contributed by atoms with E-state index in [0.29, 0.717) is 26.4 Å². The van der Waals surface area contributed by atoms with Gasteiger partial charge in [-0.05, 0) is 59.0 Å². The smallest absolute Gasteiger partial charge is 0.270 e. The molecule has 1 amide bonds. The molecule has 0 unspecified atom stereocenters. The van der Waals surface area contributed by atoms with Crippen LogP contribution in [0, 0.1) is 13.7 Å². The molecule has 0 N–H and O–H groups in total. The van der Waals surface area contributed by atoms with Gasteiger partial charge in [-0.25, -0.2) is 0 Å². The Kier molecular flexibility index (Phi) is 5.52. The van der Waals surface area contributed by atoms with Crippen molar-refractivity contribution >= 4 is 74.2 Å². The van der Waals surface area contributed by atoms with Crippen LogP contribution in [0.2, 0.25) is 0 Å². The first-order chi connectivity index (χ1) is 13.9. The number of halogens is 1. The van der Waals surface area contributed by atoms with Crippen LogP contribution in [0.15, 0.2) is 70.0 Å². The third-order valence-corrected chi connectivity index (χ3v) is 6.16. The van der Waals surface area contributed by atoms with E-state index in [1.54, 1.807) is 12.1 Å². The van der Waals surface area contributed by atoms with Crippen LogP contribution in [0.3, 0.4) is 0 Å². The zero-order chi connectivity index (χ0) is 20.5. The van der Waals surface area contributed by atoms with Crippen LogP contribution in [0.5, 0.6) is 0 Å². The molecule has 1 aromatic heterocycles. The Morgan fingerprint density at radius 1 is 1.07 bits per heavy atom. The molecule has 2 heterocycles. The van der Waals surface area contributed by atoms with Crippen molar-refractivity contribution in [3.8, 4) is 11.3 Å². The quantitative estimate of drug-likeness (QED) is 0.137. The van der Waals surface area contributed by atoms with Gasteiger partial charge in [0.2, 0.25) is 0 Å². The van der Waals surface area contributed by atoms with Crippen LogP contribution in [0.4, 0.5) is 11.4 Å². The van der Waals surface area contributed by atoms with Crippen molar-refractivity contribution in [1.29, 1.82) is 0 Å². The van der Waals surface area contributed by atoms with Crippen molar-refractivity contribution in [1.82, 2.24) is 0 Å². The molecular formula is C20H11IN2O4S2. The molecule has 0 radical (unpaired) electrons. The first-order valence-corrected chi connectivity index (χ1v) is 10.6. The van der Waals surface area contributed by atoms with Gasteiger partial charge in [0.05, 0.1) is 15.5 Å². The van der Waals surface area contributed by atoms with Gasteiger partial charge in [-0.15, -0.1) is 0 Å². The minimum absolute atomic E-state index is 0.0477. The summed E-state index contributed by atoms with van der Waals surface area (Å²) in [7, 11) is 0. The molecule has 1 aliphatic rings. The minimum atomic E-state index is -0.490. The molecule has 0 atom stereocenters. The number of carbonyl (C=O) groups is 1. The van der Waals surface area contributed by atoms with Gasteiger partial charge in [0.15, 0.2) is 4.32 Å². The van der Waals surface area contributed by atoms with Crippen LogP contribution in [-0.2, 0) is 4.79 Å². The van der Waals surface area contributed by atoms with Crippen molar-refractivity contribution < 1.29 is 14.1 Å². The van der Waals surface area contributed by atoms with Gasteiger partial charge in [0.1, 0.15) is 11.5 Å². The number of nitro benzene ring substituents is 1. The topological polar surface area (TPSA) is 76.6 Å². The van der Waals surface area contributed by atoms with Gasteiger partial charge >= 0.3 is 0 Å². The Labute approximate surface area is 188 Å². The lowest BCUT2D eigenvalue weighted by atomic mass is 10.2. The Morgan fingerprint density at radius 2 is 1.76 bits per heavy atom. The number of anilines is 1. The van der Waals surface area contributed by atoms with Crippen LogP contribution in [0.25, 0.3) is 17.4 Å². The molecule has 0 spiro atoms. The van der Waals surface area contributed by atoms with Gasteiger partial charge in [0.25, 0.3) is 11.6 Å². The zero-order valence-corrected chi connectivity index (χ0v) is 18.4. The number of thiocarbonyl (C=S) groups is 1. The summed E-state index contributed by atoms with van der Waals surface area (Å²) in [5.74, 6) is 0.960. The van der Waals surface area contributed by atoms with E-state index < -0.39 is 4.92 Å². The number of thioether (sulfide) groups is 1. The average Bonchev–Trinajstić information content (AvgIpc) is 3.27. The Bertz CT molecular complexity index is 1150. The van der Waals surface area contributed by atoms with Gasteiger partial charge in [-0.2, -0.15) is 0 Å². The number of nitro groups is 1. The lowest BCUT2D eigenvalue weighted by Crippen LogP contribution is -2.27. The molecule has 2 aromatic carbocycles. The molecule has 3 aromatic rings. The fraction of sp³-hybridized carbons (Fsp3) is 0. The second-order valence-corrected chi connectivity index (χ2v) is 8.92. The molecule has 1 fully saturated rings. The number of furan rings is 1. The minimum Gasteiger partial charge on any atom is -0.457 e. The number of nitrogens with zero attached hydrogens (tertiary/aromatic N) is 2. The Balaban J connectivity index is 1.58. The highest BCUT2D eigenvalue weighted by Crippen LogP contribution is 2.37. The fourth-order valence-corrected chi connectivity index (χ4v) is 4.38. The number of hydrogen-bond donors (Lipinski definition) is 0. The fourth-order valence-electron chi connectivity index (χ4n) is 2.74. The molecule has 1 saturated heterocycles. The summed E-state index contributed by atoms with van der Waals surface area (Å²) in [5.41, 5.74) is 1.39. The molecular weight excluding hydrogens is 523 g/mol. The van der Waals surface area contributed by atoms with E-state index in [0.717, 1.165) is 20.9 Å². The number of carbonyl (C=O) groups excluding carboxylic acids is 1. The summed E-state index contributed by atoms with van der Waals surface area (Å²) >= 11 is 8.74. The Hall–Kier alpha value is -2.50. The zero-order valence-electron chi connectivity index (χ0n) is 14.6. The van der Waals surface area contributed by atoms with Crippen molar-refractivity contribution in [2.24, 2.45) is 0 Å². The number of amides is 1. The molecule has 9 heteroatoms. The van der Waals surface area contributed by atoms with Crippen molar-refractivity contribution in [3.05, 3.63) is 85.0 Å². The Morgan fingerprint density at radius 3 is 2.41 bits per heavy atom. The number of benzene rings is 2. The van der Waals surface area contributed by atoms with Gasteiger partial charge in [-0.3, -0.25) is 19.8 Å². The van der Waals surface area contributed by atoms with Gasteiger partial charge in [0, 0.05) is 27.3 Å². The number of hydrogen-bond acceptors (Lipinski definition) is 6. The van der Waals surface area contributed by atoms with Crippen LogP contribution >= 0.6 is 46.6 Å². The molecule has 0 bridgehead atoms. The van der Waals surface area contributed by atoms with E-state index >= 15 is 0 Å². The maximum atomic E-state index is 12.8. The second-order valence-electron chi connectivity index (χ2n) is 6.00. The monoisotopic (exact) mass is 534 g/mol. The van der Waals surface area contributed by atoms with E-state index in [1.807, 2.05) is 30.3 Å². The largest absolute Gasteiger partial charge is 0.457 e. The molecule has 6 nitrogen and oxygen atoms in total. The SMILES string of the molecule is O=C1/C(=C/c2ccc(-c3ccc(I)cc3)o2)SC(=S)N1c1ccc([N+](=O)[O-])cc1. The van der Waals surface area contributed by atoms with Crippen LogP contribution < -0.4 is 4.90 Å². The van der Waals surface area contributed by atoms with Crippen LogP contribution in [-0.4, -0.2) is 15.2 Å². The molecule has 4 rings (SSSR count). The van der Waals surface area contributed by atoms with Crippen LogP contribution in [0.1, 0.15) is 5.76 Å². The van der Waals surface area contributed by atoms with E-state index in [4.69, 9.17) is 16.6 Å². The summed E-state index contributed by atoms with van der Waals surface area (Å²) in [6.45, 7) is 0.